The smallest absolute Gasteiger partial charge is 0.330 e. The summed E-state index contributed by atoms with van der Waals surface area (Å²) in [6.45, 7) is 20.3. The fourth-order valence-electron chi connectivity index (χ4n) is 8.98. The van der Waals surface area contributed by atoms with Crippen LogP contribution in [-0.2, 0) is 14.3 Å². The van der Waals surface area contributed by atoms with Crippen molar-refractivity contribution in [1.29, 1.82) is 0 Å². The highest BCUT2D eigenvalue weighted by Crippen LogP contribution is 2.73. The summed E-state index contributed by atoms with van der Waals surface area (Å²) in [4.78, 5) is 23.3. The number of carbonyl (C=O) groups excluding carboxylic acids is 1. The van der Waals surface area contributed by atoms with E-state index >= 15 is 0 Å². The molecule has 0 unspecified atom stereocenters. The van der Waals surface area contributed by atoms with Crippen LogP contribution in [0, 0.1) is 39.9 Å². The van der Waals surface area contributed by atoms with Gasteiger partial charge in [0.1, 0.15) is 0 Å². The van der Waals surface area contributed by atoms with E-state index in [1.807, 2.05) is 6.08 Å². The van der Waals surface area contributed by atoms with Crippen molar-refractivity contribution in [1.82, 2.24) is 0 Å². The van der Waals surface area contributed by atoms with E-state index in [1.54, 1.807) is 6.92 Å². The lowest BCUT2D eigenvalue weighted by Gasteiger charge is -2.66. The van der Waals surface area contributed by atoms with Gasteiger partial charge < -0.3 is 9.84 Å². The molecule has 196 valence electrons. The summed E-state index contributed by atoms with van der Waals surface area (Å²) in [5.74, 6) is 1.22. The van der Waals surface area contributed by atoms with Crippen LogP contribution >= 0.6 is 0 Å². The maximum Gasteiger partial charge on any atom is 0.330 e. The van der Waals surface area contributed by atoms with Gasteiger partial charge in [0.15, 0.2) is 0 Å². The largest absolute Gasteiger partial charge is 0.478 e. The van der Waals surface area contributed by atoms with E-state index in [2.05, 4.69) is 40.9 Å². The lowest BCUT2D eigenvalue weighted by atomic mass is 9.38. The molecule has 0 radical (unpaired) electrons. The van der Waals surface area contributed by atoms with Crippen LogP contribution in [0.15, 0.2) is 36.0 Å². The summed E-state index contributed by atoms with van der Waals surface area (Å²) in [5, 5.41) is 9.14. The first kappa shape index (κ1) is 27.7. The Morgan fingerprint density at radius 3 is 2.26 bits per heavy atom. The van der Waals surface area contributed by atoms with Crippen LogP contribution in [0.3, 0.4) is 0 Å². The minimum absolute atomic E-state index is 0.0508. The van der Waals surface area contributed by atoms with Crippen molar-refractivity contribution >= 4 is 11.9 Å². The number of hydrogen-bond donors (Lipinski definition) is 1. The highest BCUT2D eigenvalue weighted by molar-refractivity contribution is 5.85. The van der Waals surface area contributed by atoms with Gasteiger partial charge in [-0.15, -0.1) is 0 Å². The first-order valence-electron chi connectivity index (χ1n) is 13.6. The van der Waals surface area contributed by atoms with Crippen LogP contribution in [0.4, 0.5) is 0 Å². The van der Waals surface area contributed by atoms with Crippen LogP contribution in [-0.4, -0.2) is 24.2 Å². The molecule has 0 aromatic rings. The predicted octanol–water partition coefficient (Wildman–Crippen LogP) is 7.75. The van der Waals surface area contributed by atoms with Crippen molar-refractivity contribution in [2.75, 3.05) is 7.11 Å². The van der Waals surface area contributed by atoms with Gasteiger partial charge in [0.2, 0.25) is 0 Å². The topological polar surface area (TPSA) is 63.6 Å². The molecule has 3 fully saturated rings. The van der Waals surface area contributed by atoms with Gasteiger partial charge in [0, 0.05) is 12.0 Å². The van der Waals surface area contributed by atoms with Gasteiger partial charge in [-0.1, -0.05) is 51.2 Å². The molecular formula is C31H48O4. The normalized spacial score (nSPS) is 38.9. The Morgan fingerprint density at radius 1 is 1.00 bits per heavy atom. The average molecular weight is 485 g/mol. The fourth-order valence-corrected chi connectivity index (χ4v) is 8.98. The van der Waals surface area contributed by atoms with Crippen LogP contribution in [0.2, 0.25) is 0 Å². The summed E-state index contributed by atoms with van der Waals surface area (Å²) in [6, 6.07) is 0. The Morgan fingerprint density at radius 2 is 1.66 bits per heavy atom. The maximum atomic E-state index is 12.2. The molecule has 0 saturated heterocycles. The van der Waals surface area contributed by atoms with E-state index in [1.165, 1.54) is 50.4 Å². The molecule has 7 atom stereocenters. The van der Waals surface area contributed by atoms with Crippen molar-refractivity contribution < 1.29 is 19.4 Å². The molecule has 4 nitrogen and oxygen atoms in total. The van der Waals surface area contributed by atoms with Crippen molar-refractivity contribution in [3.8, 4) is 0 Å². The Balaban J connectivity index is 1.84. The number of ether oxygens (including phenoxy) is 1. The Bertz CT molecular complexity index is 900. The Hall–Kier alpha value is -1.84. The van der Waals surface area contributed by atoms with Gasteiger partial charge in [-0.3, -0.25) is 4.79 Å². The third kappa shape index (κ3) is 4.79. The van der Waals surface area contributed by atoms with E-state index < -0.39 is 5.97 Å². The zero-order valence-corrected chi connectivity index (χ0v) is 23.0. The van der Waals surface area contributed by atoms with Crippen LogP contribution in [0.25, 0.3) is 0 Å². The minimum Gasteiger partial charge on any atom is -0.478 e. The fraction of sp³-hybridized carbons (Fsp3) is 0.742. The van der Waals surface area contributed by atoms with Gasteiger partial charge in [-0.2, -0.15) is 0 Å². The number of carbonyl (C=O) groups is 2. The summed E-state index contributed by atoms with van der Waals surface area (Å²) < 4.78 is 5.03. The summed E-state index contributed by atoms with van der Waals surface area (Å²) >= 11 is 0. The molecule has 4 heteroatoms. The van der Waals surface area contributed by atoms with Gasteiger partial charge >= 0.3 is 11.9 Å². The van der Waals surface area contributed by atoms with Crippen molar-refractivity contribution in [2.24, 2.45) is 39.9 Å². The van der Waals surface area contributed by atoms with Gasteiger partial charge in [-0.25, -0.2) is 4.79 Å². The second kappa shape index (κ2) is 10.3. The summed E-state index contributed by atoms with van der Waals surface area (Å²) in [7, 11) is 1.49. The lowest BCUT2D eigenvalue weighted by Crippen LogP contribution is -2.59. The molecule has 0 heterocycles. The number of aliphatic carboxylic acids is 1. The van der Waals surface area contributed by atoms with Gasteiger partial charge in [0.25, 0.3) is 0 Å². The minimum atomic E-state index is -0.837. The maximum absolute atomic E-state index is 12.2. The third-order valence-corrected chi connectivity index (χ3v) is 11.1. The number of carboxylic acids is 1. The Labute approximate surface area is 213 Å². The molecule has 3 saturated carbocycles. The SMILES string of the molecule is C=C(CC/C=C(\C)C(=O)O)[C@H]1CC[C@]2(C)[C@@H]1CC[C@@H]1[C@@](C)(CCC(=O)OC)[C@H](C(=C)C)CC[C@]12C. The monoisotopic (exact) mass is 484 g/mol. The van der Waals surface area contributed by atoms with Crippen LogP contribution in [0.5, 0.6) is 0 Å². The number of esters is 1. The van der Waals surface area contributed by atoms with Crippen LogP contribution in [0.1, 0.15) is 98.8 Å². The molecule has 0 aromatic heterocycles. The first-order valence-corrected chi connectivity index (χ1v) is 13.6. The van der Waals surface area contributed by atoms with E-state index in [4.69, 9.17) is 9.84 Å². The molecule has 3 aliphatic rings. The molecule has 1 N–H and O–H groups in total. The number of carboxylic acid groups (broad SMARTS) is 1. The van der Waals surface area contributed by atoms with Gasteiger partial charge in [-0.05, 0) is 112 Å². The molecule has 0 bridgehead atoms. The van der Waals surface area contributed by atoms with E-state index in [9.17, 15) is 9.59 Å². The molecule has 0 aromatic carbocycles. The highest BCUT2D eigenvalue weighted by atomic mass is 16.5. The number of allylic oxidation sites excluding steroid dienone is 3. The molecule has 0 aliphatic heterocycles. The number of rotatable bonds is 9. The van der Waals surface area contributed by atoms with Crippen molar-refractivity contribution in [2.45, 2.75) is 98.8 Å². The van der Waals surface area contributed by atoms with Gasteiger partial charge in [0.05, 0.1) is 7.11 Å². The number of fused-ring (bicyclic) bond motifs is 3. The molecule has 0 spiro atoms. The van der Waals surface area contributed by atoms with Crippen molar-refractivity contribution in [3.05, 3.63) is 36.0 Å². The number of methoxy groups -OCH3 is 1. The standard InChI is InChI=1S/C31H48O4/c1-20(2)24-15-19-31(7)26(29(24,5)17-16-27(32)35-8)13-12-25-23(14-18-30(25,31)6)21(3)10-9-11-22(4)28(33)34/h11,23-26H,1,3,9-10,12-19H2,2,4-8H3,(H,33,34)/b22-11+/t23-,24+,25-,26-,29+,30-,31-/m1/s1. The van der Waals surface area contributed by atoms with E-state index in [-0.39, 0.29) is 22.2 Å². The second-order valence-electron chi connectivity index (χ2n) is 12.6. The highest BCUT2D eigenvalue weighted by Gasteiger charge is 2.65. The quantitative estimate of drug-likeness (QED) is 0.206. The van der Waals surface area contributed by atoms with Crippen LogP contribution < -0.4 is 0 Å². The number of hydrogen-bond acceptors (Lipinski definition) is 3. The summed E-state index contributed by atoms with van der Waals surface area (Å²) in [5.41, 5.74) is 3.51. The third-order valence-electron chi connectivity index (χ3n) is 11.1. The van der Waals surface area contributed by atoms with E-state index in [0.717, 1.165) is 25.7 Å². The Kier molecular flexibility index (Phi) is 8.13. The molecule has 35 heavy (non-hydrogen) atoms. The lowest BCUT2D eigenvalue weighted by molar-refractivity contribution is -0.169. The molecule has 0 amide bonds. The zero-order valence-electron chi connectivity index (χ0n) is 23.0. The molecule has 3 aliphatic carbocycles. The first-order chi connectivity index (χ1) is 16.3. The predicted molar refractivity (Wildman–Crippen MR) is 142 cm³/mol. The zero-order chi connectivity index (χ0) is 26.2. The average Bonchev–Trinajstić information content (AvgIpc) is 3.15. The second-order valence-corrected chi connectivity index (χ2v) is 12.6. The van der Waals surface area contributed by atoms with Crippen molar-refractivity contribution in [3.63, 3.8) is 0 Å². The van der Waals surface area contributed by atoms with E-state index in [0.29, 0.717) is 35.7 Å². The summed E-state index contributed by atoms with van der Waals surface area (Å²) in [6.07, 6.45) is 12.0. The molecule has 3 rings (SSSR count). The molecular weight excluding hydrogens is 436 g/mol.